The second-order valence-corrected chi connectivity index (χ2v) is 5.58. The van der Waals surface area contributed by atoms with Crippen LogP contribution in [0.25, 0.3) is 0 Å². The molecule has 0 aromatic rings. The van der Waals surface area contributed by atoms with E-state index in [1.54, 1.807) is 5.57 Å². The van der Waals surface area contributed by atoms with E-state index in [0.717, 1.165) is 6.61 Å². The smallest absolute Gasteiger partial charge is 0.0598 e. The maximum Gasteiger partial charge on any atom is 0.0598 e. The van der Waals surface area contributed by atoms with E-state index in [1.165, 1.54) is 38.5 Å². The van der Waals surface area contributed by atoms with E-state index >= 15 is 0 Å². The molecular weight excluding hydrogens is 196 g/mol. The Morgan fingerprint density at radius 1 is 1.12 bits per heavy atom. The van der Waals surface area contributed by atoms with Crippen LogP contribution < -0.4 is 0 Å². The molecule has 1 aliphatic rings. The van der Waals surface area contributed by atoms with Crippen molar-refractivity contribution in [1.82, 2.24) is 0 Å². The fourth-order valence-electron chi connectivity index (χ4n) is 1.86. The van der Waals surface area contributed by atoms with Crippen molar-refractivity contribution in [1.29, 1.82) is 0 Å². The summed E-state index contributed by atoms with van der Waals surface area (Å²) >= 11 is 0. The van der Waals surface area contributed by atoms with Crippen LogP contribution in [0.1, 0.15) is 59.3 Å². The molecule has 0 aromatic carbocycles. The average Bonchev–Trinajstić information content (AvgIpc) is 2.67. The molecule has 16 heavy (non-hydrogen) atoms. The first-order chi connectivity index (χ1) is 7.58. The van der Waals surface area contributed by atoms with Crippen molar-refractivity contribution in [2.45, 2.75) is 64.9 Å². The van der Waals surface area contributed by atoms with Crippen molar-refractivity contribution in [3.63, 3.8) is 0 Å². The standard InChI is InChI=1S/C15H26O/c1-15(2,3)16-13-9-5-4-6-10-14-11-7-8-12-14/h7-8,11H,4-6,9-10,12-13H2,1-3H3. The van der Waals surface area contributed by atoms with E-state index in [1.807, 2.05) is 0 Å². The molecule has 92 valence electrons. The van der Waals surface area contributed by atoms with Gasteiger partial charge in [-0.1, -0.05) is 36.6 Å². The van der Waals surface area contributed by atoms with Crippen LogP contribution in [0.3, 0.4) is 0 Å². The number of ether oxygens (including phenoxy) is 1. The summed E-state index contributed by atoms with van der Waals surface area (Å²) in [5.74, 6) is 0. The molecule has 0 fully saturated rings. The second kappa shape index (κ2) is 6.90. The summed E-state index contributed by atoms with van der Waals surface area (Å²) in [4.78, 5) is 0. The number of hydrogen-bond donors (Lipinski definition) is 0. The topological polar surface area (TPSA) is 9.23 Å². The highest BCUT2D eigenvalue weighted by Crippen LogP contribution is 2.18. The molecule has 0 saturated heterocycles. The molecule has 0 unspecified atom stereocenters. The lowest BCUT2D eigenvalue weighted by atomic mass is 10.1. The van der Waals surface area contributed by atoms with Gasteiger partial charge < -0.3 is 4.74 Å². The van der Waals surface area contributed by atoms with Gasteiger partial charge >= 0.3 is 0 Å². The molecule has 0 spiro atoms. The zero-order valence-electron chi connectivity index (χ0n) is 11.1. The molecule has 0 heterocycles. The van der Waals surface area contributed by atoms with Gasteiger partial charge in [0.1, 0.15) is 0 Å². The summed E-state index contributed by atoms with van der Waals surface area (Å²) in [6, 6.07) is 0. The SMILES string of the molecule is CC(C)(C)OCCCCCCC1=CC=CC1. The minimum Gasteiger partial charge on any atom is -0.376 e. The van der Waals surface area contributed by atoms with Crippen molar-refractivity contribution in [2.75, 3.05) is 6.61 Å². The maximum absolute atomic E-state index is 5.69. The van der Waals surface area contributed by atoms with Gasteiger partial charge in [-0.05, 0) is 46.5 Å². The molecule has 0 atom stereocenters. The Hall–Kier alpha value is -0.560. The first kappa shape index (κ1) is 13.5. The average molecular weight is 222 g/mol. The Kier molecular flexibility index (Phi) is 5.83. The van der Waals surface area contributed by atoms with Gasteiger partial charge in [-0.15, -0.1) is 0 Å². The van der Waals surface area contributed by atoms with Gasteiger partial charge in [0.15, 0.2) is 0 Å². The van der Waals surface area contributed by atoms with Crippen molar-refractivity contribution < 1.29 is 4.74 Å². The monoisotopic (exact) mass is 222 g/mol. The third-order valence-corrected chi connectivity index (χ3v) is 2.78. The van der Waals surface area contributed by atoms with E-state index in [2.05, 4.69) is 39.0 Å². The summed E-state index contributed by atoms with van der Waals surface area (Å²) in [6.07, 6.45) is 14.3. The van der Waals surface area contributed by atoms with Gasteiger partial charge in [0.05, 0.1) is 5.60 Å². The van der Waals surface area contributed by atoms with E-state index in [4.69, 9.17) is 4.74 Å². The van der Waals surface area contributed by atoms with Gasteiger partial charge in [-0.2, -0.15) is 0 Å². The molecule has 0 radical (unpaired) electrons. The van der Waals surface area contributed by atoms with Crippen molar-refractivity contribution in [2.24, 2.45) is 0 Å². The van der Waals surface area contributed by atoms with Crippen LogP contribution in [0, 0.1) is 0 Å². The fraction of sp³-hybridized carbons (Fsp3) is 0.733. The third-order valence-electron chi connectivity index (χ3n) is 2.78. The Bertz CT molecular complexity index is 243. The summed E-state index contributed by atoms with van der Waals surface area (Å²) in [6.45, 7) is 7.26. The fourth-order valence-corrected chi connectivity index (χ4v) is 1.86. The molecule has 0 amide bonds. The summed E-state index contributed by atoms with van der Waals surface area (Å²) in [7, 11) is 0. The molecule has 1 rings (SSSR count). The second-order valence-electron chi connectivity index (χ2n) is 5.58. The van der Waals surface area contributed by atoms with Crippen LogP contribution in [0.5, 0.6) is 0 Å². The normalized spacial score (nSPS) is 15.6. The van der Waals surface area contributed by atoms with Gasteiger partial charge in [0, 0.05) is 6.61 Å². The Labute approximate surface area is 101 Å². The van der Waals surface area contributed by atoms with E-state index in [-0.39, 0.29) is 5.60 Å². The van der Waals surface area contributed by atoms with Crippen LogP contribution in [-0.4, -0.2) is 12.2 Å². The lowest BCUT2D eigenvalue weighted by molar-refractivity contribution is -0.00473. The largest absolute Gasteiger partial charge is 0.376 e. The first-order valence-electron chi connectivity index (χ1n) is 6.56. The number of hydrogen-bond acceptors (Lipinski definition) is 1. The minimum absolute atomic E-state index is 0.0281. The maximum atomic E-state index is 5.69. The number of rotatable bonds is 7. The zero-order valence-corrected chi connectivity index (χ0v) is 11.1. The predicted molar refractivity (Wildman–Crippen MR) is 70.6 cm³/mol. The highest BCUT2D eigenvalue weighted by Gasteiger charge is 2.08. The Balaban J connectivity index is 1.85. The minimum atomic E-state index is 0.0281. The first-order valence-corrected chi connectivity index (χ1v) is 6.56. The van der Waals surface area contributed by atoms with Crippen LogP contribution in [0.2, 0.25) is 0 Å². The van der Waals surface area contributed by atoms with Crippen LogP contribution in [-0.2, 0) is 4.74 Å². The van der Waals surface area contributed by atoms with Crippen LogP contribution >= 0.6 is 0 Å². The van der Waals surface area contributed by atoms with E-state index in [0.29, 0.717) is 0 Å². The Morgan fingerprint density at radius 3 is 2.50 bits per heavy atom. The highest BCUT2D eigenvalue weighted by atomic mass is 16.5. The number of unbranched alkanes of at least 4 members (excludes halogenated alkanes) is 3. The highest BCUT2D eigenvalue weighted by molar-refractivity contribution is 5.22. The lowest BCUT2D eigenvalue weighted by Crippen LogP contribution is -2.19. The Morgan fingerprint density at radius 2 is 1.88 bits per heavy atom. The molecule has 0 N–H and O–H groups in total. The molecule has 0 aliphatic heterocycles. The van der Waals surface area contributed by atoms with Crippen LogP contribution in [0.4, 0.5) is 0 Å². The van der Waals surface area contributed by atoms with E-state index in [9.17, 15) is 0 Å². The summed E-state index contributed by atoms with van der Waals surface area (Å²) in [5.41, 5.74) is 1.63. The third kappa shape index (κ3) is 6.84. The van der Waals surface area contributed by atoms with Crippen molar-refractivity contribution in [3.8, 4) is 0 Å². The van der Waals surface area contributed by atoms with Crippen molar-refractivity contribution >= 4 is 0 Å². The summed E-state index contributed by atoms with van der Waals surface area (Å²) in [5, 5.41) is 0. The molecular formula is C15H26O. The summed E-state index contributed by atoms with van der Waals surface area (Å²) < 4.78 is 5.69. The molecule has 1 aliphatic carbocycles. The van der Waals surface area contributed by atoms with Crippen molar-refractivity contribution in [3.05, 3.63) is 23.8 Å². The molecule has 0 bridgehead atoms. The van der Waals surface area contributed by atoms with Gasteiger partial charge in [0.2, 0.25) is 0 Å². The molecule has 0 saturated carbocycles. The van der Waals surface area contributed by atoms with Gasteiger partial charge in [-0.25, -0.2) is 0 Å². The van der Waals surface area contributed by atoms with E-state index < -0.39 is 0 Å². The molecule has 1 heteroatoms. The number of allylic oxidation sites excluding steroid dienone is 4. The molecule has 0 aromatic heterocycles. The van der Waals surface area contributed by atoms with Gasteiger partial charge in [0.25, 0.3) is 0 Å². The van der Waals surface area contributed by atoms with Crippen LogP contribution in [0.15, 0.2) is 23.8 Å². The molecule has 1 nitrogen and oxygen atoms in total. The zero-order chi connectivity index (χ0) is 11.9. The van der Waals surface area contributed by atoms with Gasteiger partial charge in [-0.3, -0.25) is 0 Å². The predicted octanol–water partition coefficient (Wildman–Crippen LogP) is 4.64. The lowest BCUT2D eigenvalue weighted by Gasteiger charge is -2.19. The quantitative estimate of drug-likeness (QED) is 0.570.